The summed E-state index contributed by atoms with van der Waals surface area (Å²) in [4.78, 5) is 8.74. The Hall–Kier alpha value is -0.0000000000000000555. The van der Waals surface area contributed by atoms with Gasteiger partial charge in [-0.3, -0.25) is 4.52 Å². The summed E-state index contributed by atoms with van der Waals surface area (Å²) in [6.45, 7) is -1.35. The Morgan fingerprint density at radius 2 is 1.92 bits per heavy atom. The molecule has 74 valence electrons. The fraction of sp³-hybridized carbons (Fsp3) is 1.00. The van der Waals surface area contributed by atoms with Crippen molar-refractivity contribution in [2.45, 2.75) is 0 Å². The quantitative estimate of drug-likeness (QED) is 0.405. The predicted octanol–water partition coefficient (Wildman–Crippen LogP) is 0.711. The van der Waals surface area contributed by atoms with Crippen LogP contribution < -0.4 is 0 Å². The third kappa shape index (κ3) is 6.69. The van der Waals surface area contributed by atoms with E-state index in [-0.39, 0.29) is 6.73 Å². The minimum absolute atomic E-state index is 0.0201. The average molecular weight is 202 g/mol. The Bertz CT molecular complexity index is 181. The van der Waals surface area contributed by atoms with E-state index in [1.807, 2.05) is 0 Å². The van der Waals surface area contributed by atoms with Crippen molar-refractivity contribution in [2.24, 2.45) is 0 Å². The highest BCUT2D eigenvalue weighted by Gasteiger charge is 2.24. The lowest BCUT2D eigenvalue weighted by atomic mass is 10.7. The molecule has 1 atom stereocenters. The molecule has 0 spiro atoms. The molecular formula is C5H14FNO4P+. The van der Waals surface area contributed by atoms with Gasteiger partial charge in [-0.15, -0.1) is 0 Å². The van der Waals surface area contributed by atoms with Crippen LogP contribution in [0.15, 0.2) is 0 Å². The molecule has 0 aliphatic rings. The summed E-state index contributed by atoms with van der Waals surface area (Å²) < 4.78 is 30.8. The Balaban J connectivity index is 3.84. The first kappa shape index (κ1) is 12.0. The van der Waals surface area contributed by atoms with Crippen LogP contribution in [0.4, 0.5) is 4.39 Å². The van der Waals surface area contributed by atoms with Gasteiger partial charge in [0.1, 0.15) is 0 Å². The number of rotatable bonds is 5. The van der Waals surface area contributed by atoms with Crippen molar-refractivity contribution in [1.29, 1.82) is 0 Å². The van der Waals surface area contributed by atoms with Crippen LogP contribution in [0.1, 0.15) is 0 Å². The van der Waals surface area contributed by atoms with Gasteiger partial charge in [0.05, 0.1) is 21.1 Å². The van der Waals surface area contributed by atoms with Gasteiger partial charge < -0.3 is 9.38 Å². The van der Waals surface area contributed by atoms with Gasteiger partial charge in [0.15, 0.2) is 13.6 Å². The second-order valence-corrected chi connectivity index (χ2v) is 4.71. The van der Waals surface area contributed by atoms with Crippen molar-refractivity contribution in [3.05, 3.63) is 0 Å². The number of nitrogens with zero attached hydrogens (tertiary/aromatic N) is 1. The second-order valence-electron chi connectivity index (χ2n) is 3.26. The molecule has 0 rings (SSSR count). The van der Waals surface area contributed by atoms with E-state index < -0.39 is 14.7 Å². The third-order valence-corrected chi connectivity index (χ3v) is 1.69. The van der Waals surface area contributed by atoms with E-state index in [4.69, 9.17) is 4.89 Å². The minimum atomic E-state index is -4.18. The molecule has 5 nitrogen and oxygen atoms in total. The Morgan fingerprint density at radius 1 is 1.42 bits per heavy atom. The van der Waals surface area contributed by atoms with Crippen molar-refractivity contribution >= 4 is 7.82 Å². The van der Waals surface area contributed by atoms with Gasteiger partial charge in [0.2, 0.25) is 0 Å². The van der Waals surface area contributed by atoms with E-state index in [0.717, 1.165) is 0 Å². The maximum atomic E-state index is 11.5. The van der Waals surface area contributed by atoms with Crippen molar-refractivity contribution < 1.29 is 27.4 Å². The lowest BCUT2D eigenvalue weighted by Gasteiger charge is -2.23. The van der Waals surface area contributed by atoms with Gasteiger partial charge in [-0.25, -0.2) is 13.5 Å². The van der Waals surface area contributed by atoms with E-state index in [9.17, 15) is 8.96 Å². The van der Waals surface area contributed by atoms with E-state index in [1.54, 1.807) is 21.1 Å². The number of hydrogen-bond donors (Lipinski definition) is 1. The summed E-state index contributed by atoms with van der Waals surface area (Å²) in [6.07, 6.45) is 0. The molecule has 0 aliphatic carbocycles. The van der Waals surface area contributed by atoms with Crippen LogP contribution in [-0.2, 0) is 13.6 Å². The Labute approximate surface area is 70.9 Å². The summed E-state index contributed by atoms with van der Waals surface area (Å²) >= 11 is 0. The number of hydrogen-bond acceptors (Lipinski definition) is 3. The lowest BCUT2D eigenvalue weighted by molar-refractivity contribution is -0.887. The van der Waals surface area contributed by atoms with Crippen LogP contribution in [0.25, 0.3) is 0 Å². The highest BCUT2D eigenvalue weighted by molar-refractivity contribution is 7.47. The summed E-state index contributed by atoms with van der Waals surface area (Å²) in [5, 5.41) is 0. The second kappa shape index (κ2) is 4.30. The van der Waals surface area contributed by atoms with Crippen LogP contribution in [0, 0.1) is 0 Å². The number of quaternary nitrogens is 1. The highest BCUT2D eigenvalue weighted by Crippen LogP contribution is 2.43. The zero-order chi connectivity index (χ0) is 9.83. The van der Waals surface area contributed by atoms with Gasteiger partial charge in [0, 0.05) is 0 Å². The molecule has 0 aromatic heterocycles. The zero-order valence-electron chi connectivity index (χ0n) is 7.36. The zero-order valence-corrected chi connectivity index (χ0v) is 8.25. The van der Waals surface area contributed by atoms with Crippen molar-refractivity contribution in [2.75, 3.05) is 34.7 Å². The standard InChI is InChI=1S/C5H13FNO4P/c1-7(2,3)5-11-12(8,9)10-4-6/h4-5H2,1-3H3/p+1. The summed E-state index contributed by atoms with van der Waals surface area (Å²) in [6, 6.07) is 0. The molecule has 0 fully saturated rings. The molecule has 0 aliphatic heterocycles. The van der Waals surface area contributed by atoms with Gasteiger partial charge >= 0.3 is 7.82 Å². The van der Waals surface area contributed by atoms with Crippen molar-refractivity contribution in [1.82, 2.24) is 0 Å². The van der Waals surface area contributed by atoms with Crippen LogP contribution in [0.5, 0.6) is 0 Å². The molecule has 1 N–H and O–H groups in total. The van der Waals surface area contributed by atoms with Crippen molar-refractivity contribution in [3.8, 4) is 0 Å². The highest BCUT2D eigenvalue weighted by atomic mass is 31.2. The maximum absolute atomic E-state index is 11.5. The number of alkyl halides is 1. The number of phosphoric acid groups is 1. The summed E-state index contributed by atoms with van der Waals surface area (Å²) in [5.41, 5.74) is 0. The lowest BCUT2D eigenvalue weighted by Crippen LogP contribution is -2.36. The third-order valence-electron chi connectivity index (χ3n) is 0.820. The molecule has 0 aromatic carbocycles. The van der Waals surface area contributed by atoms with Gasteiger partial charge in [0.25, 0.3) is 0 Å². The first-order chi connectivity index (χ1) is 5.27. The molecule has 12 heavy (non-hydrogen) atoms. The topological polar surface area (TPSA) is 55.8 Å². The van der Waals surface area contributed by atoms with Gasteiger partial charge in [-0.1, -0.05) is 0 Å². The predicted molar refractivity (Wildman–Crippen MR) is 40.9 cm³/mol. The Kier molecular flexibility index (Phi) is 4.30. The fourth-order valence-electron chi connectivity index (χ4n) is 0.345. The van der Waals surface area contributed by atoms with Crippen LogP contribution >= 0.6 is 7.82 Å². The molecular weight excluding hydrogens is 188 g/mol. The maximum Gasteiger partial charge on any atom is 0.479 e. The molecule has 0 heterocycles. The van der Waals surface area contributed by atoms with E-state index >= 15 is 0 Å². The molecule has 0 saturated heterocycles. The normalized spacial score (nSPS) is 17.4. The van der Waals surface area contributed by atoms with Crippen molar-refractivity contribution in [3.63, 3.8) is 0 Å². The number of halogens is 1. The molecule has 0 bridgehead atoms. The first-order valence-electron chi connectivity index (χ1n) is 3.25. The van der Waals surface area contributed by atoms with Gasteiger partial charge in [-0.2, -0.15) is 0 Å². The van der Waals surface area contributed by atoms with E-state index in [1.165, 1.54) is 0 Å². The molecule has 1 unspecified atom stereocenters. The van der Waals surface area contributed by atoms with Gasteiger partial charge in [-0.05, 0) is 0 Å². The summed E-state index contributed by atoms with van der Waals surface area (Å²) in [5.74, 6) is 0. The Morgan fingerprint density at radius 3 is 2.25 bits per heavy atom. The average Bonchev–Trinajstić information content (AvgIpc) is 1.83. The fourth-order valence-corrected chi connectivity index (χ4v) is 1.04. The minimum Gasteiger partial charge on any atom is -0.308 e. The largest absolute Gasteiger partial charge is 0.479 e. The summed E-state index contributed by atoms with van der Waals surface area (Å²) in [7, 11) is 1.10. The first-order valence-corrected chi connectivity index (χ1v) is 4.75. The van der Waals surface area contributed by atoms with E-state index in [2.05, 4.69) is 9.05 Å². The molecule has 0 aromatic rings. The number of phosphoric ester groups is 1. The molecule has 7 heteroatoms. The van der Waals surface area contributed by atoms with Crippen LogP contribution in [0.2, 0.25) is 0 Å². The van der Waals surface area contributed by atoms with E-state index in [0.29, 0.717) is 4.48 Å². The molecule has 0 amide bonds. The molecule has 0 saturated carbocycles. The molecule has 0 radical (unpaired) electrons. The monoisotopic (exact) mass is 202 g/mol. The van der Waals surface area contributed by atoms with Crippen LogP contribution in [0.3, 0.4) is 0 Å². The van der Waals surface area contributed by atoms with Crippen LogP contribution in [-0.4, -0.2) is 44.1 Å². The SMILES string of the molecule is C[N+](C)(C)COP(=O)(O)OCF. The smallest absolute Gasteiger partial charge is 0.308 e.